The second-order valence-corrected chi connectivity index (χ2v) is 8.10. The van der Waals surface area contributed by atoms with Crippen molar-refractivity contribution in [1.82, 2.24) is 0 Å². The van der Waals surface area contributed by atoms with Crippen LogP contribution in [0, 0.1) is 0 Å². The standard InChI is InChI=1S/C28H30O5/c1-3-4-5-6-7-20(2)32-25-18-14-24(15-19-25)28(31)33-26-16-12-22(13-17-26)21-8-10-23(11-9-21)27(29)30/h8-20H,3-7H2,1-2H3,(H,29,30). The van der Waals surface area contributed by atoms with E-state index in [1.54, 1.807) is 60.7 Å². The average Bonchev–Trinajstić information content (AvgIpc) is 2.83. The second-order valence-electron chi connectivity index (χ2n) is 8.10. The molecule has 1 atom stereocenters. The van der Waals surface area contributed by atoms with E-state index in [9.17, 15) is 9.59 Å². The fourth-order valence-electron chi connectivity index (χ4n) is 3.51. The van der Waals surface area contributed by atoms with Gasteiger partial charge in [0.2, 0.25) is 0 Å². The first-order chi connectivity index (χ1) is 16.0. The molecule has 0 bridgehead atoms. The highest BCUT2D eigenvalue weighted by atomic mass is 16.5. The molecule has 0 aliphatic rings. The highest BCUT2D eigenvalue weighted by molar-refractivity contribution is 5.91. The summed E-state index contributed by atoms with van der Waals surface area (Å²) in [6.45, 7) is 4.27. The molecule has 0 radical (unpaired) electrons. The van der Waals surface area contributed by atoms with Crippen molar-refractivity contribution in [2.45, 2.75) is 52.1 Å². The van der Waals surface area contributed by atoms with Gasteiger partial charge in [0.05, 0.1) is 17.2 Å². The third kappa shape index (κ3) is 7.21. The molecule has 0 heterocycles. The largest absolute Gasteiger partial charge is 0.491 e. The third-order valence-corrected chi connectivity index (χ3v) is 5.42. The van der Waals surface area contributed by atoms with Crippen molar-refractivity contribution in [3.05, 3.63) is 83.9 Å². The number of unbranched alkanes of at least 4 members (excludes halogenated alkanes) is 3. The van der Waals surface area contributed by atoms with Gasteiger partial charge >= 0.3 is 11.9 Å². The Balaban J connectivity index is 1.53. The Morgan fingerprint density at radius 3 is 1.88 bits per heavy atom. The van der Waals surface area contributed by atoms with E-state index >= 15 is 0 Å². The number of hydrogen-bond acceptors (Lipinski definition) is 4. The van der Waals surface area contributed by atoms with Crippen LogP contribution in [0.3, 0.4) is 0 Å². The van der Waals surface area contributed by atoms with Crippen LogP contribution in [0.4, 0.5) is 0 Å². The summed E-state index contributed by atoms with van der Waals surface area (Å²) in [6, 6.07) is 20.7. The molecule has 3 aromatic carbocycles. The molecule has 0 saturated carbocycles. The first kappa shape index (κ1) is 24.1. The van der Waals surface area contributed by atoms with E-state index in [4.69, 9.17) is 14.6 Å². The zero-order valence-corrected chi connectivity index (χ0v) is 19.1. The number of esters is 1. The smallest absolute Gasteiger partial charge is 0.343 e. The molecule has 5 heteroatoms. The molecule has 0 amide bonds. The van der Waals surface area contributed by atoms with Gasteiger partial charge in [0, 0.05) is 0 Å². The molecule has 3 rings (SSSR count). The molecular formula is C28H30O5. The zero-order valence-electron chi connectivity index (χ0n) is 19.1. The summed E-state index contributed by atoms with van der Waals surface area (Å²) in [5.41, 5.74) is 2.47. The van der Waals surface area contributed by atoms with E-state index < -0.39 is 11.9 Å². The lowest BCUT2D eigenvalue weighted by atomic mass is 10.0. The van der Waals surface area contributed by atoms with Gasteiger partial charge in [-0.05, 0) is 79.4 Å². The first-order valence-corrected chi connectivity index (χ1v) is 11.4. The Hall–Kier alpha value is -3.60. The van der Waals surface area contributed by atoms with Gasteiger partial charge in [-0.3, -0.25) is 0 Å². The van der Waals surface area contributed by atoms with E-state index in [0.717, 1.165) is 29.7 Å². The number of carboxylic acids is 1. The third-order valence-electron chi connectivity index (χ3n) is 5.42. The van der Waals surface area contributed by atoms with Gasteiger partial charge in [0.1, 0.15) is 11.5 Å². The number of benzene rings is 3. The lowest BCUT2D eigenvalue weighted by Crippen LogP contribution is -2.12. The number of carbonyl (C=O) groups is 2. The molecule has 33 heavy (non-hydrogen) atoms. The number of rotatable bonds is 11. The fraction of sp³-hybridized carbons (Fsp3) is 0.286. The lowest BCUT2D eigenvalue weighted by molar-refractivity contribution is 0.0694. The molecular weight excluding hydrogens is 416 g/mol. The number of ether oxygens (including phenoxy) is 2. The van der Waals surface area contributed by atoms with E-state index in [1.807, 2.05) is 12.1 Å². The van der Waals surface area contributed by atoms with Gasteiger partial charge in [-0.2, -0.15) is 0 Å². The van der Waals surface area contributed by atoms with Crippen LogP contribution in [0.2, 0.25) is 0 Å². The van der Waals surface area contributed by atoms with Crippen LogP contribution in [-0.2, 0) is 0 Å². The second kappa shape index (κ2) is 11.9. The molecule has 0 aliphatic heterocycles. The van der Waals surface area contributed by atoms with Gasteiger partial charge in [-0.25, -0.2) is 9.59 Å². The average molecular weight is 447 g/mol. The predicted octanol–water partition coefficient (Wildman–Crippen LogP) is 7.01. The fourth-order valence-corrected chi connectivity index (χ4v) is 3.51. The normalized spacial score (nSPS) is 11.6. The quantitative estimate of drug-likeness (QED) is 0.195. The summed E-state index contributed by atoms with van der Waals surface area (Å²) >= 11 is 0. The topological polar surface area (TPSA) is 72.8 Å². The first-order valence-electron chi connectivity index (χ1n) is 11.4. The molecule has 0 fully saturated rings. The molecule has 0 saturated heterocycles. The molecule has 0 aromatic heterocycles. The van der Waals surface area contributed by atoms with Crippen molar-refractivity contribution in [2.24, 2.45) is 0 Å². The number of carboxylic acid groups (broad SMARTS) is 1. The van der Waals surface area contributed by atoms with Crippen LogP contribution in [-0.4, -0.2) is 23.1 Å². The van der Waals surface area contributed by atoms with Gasteiger partial charge in [0.25, 0.3) is 0 Å². The van der Waals surface area contributed by atoms with E-state index in [2.05, 4.69) is 13.8 Å². The maximum atomic E-state index is 12.5. The Morgan fingerprint density at radius 2 is 1.30 bits per heavy atom. The Bertz CT molecular complexity index is 1040. The van der Waals surface area contributed by atoms with Crippen LogP contribution >= 0.6 is 0 Å². The van der Waals surface area contributed by atoms with Crippen LogP contribution < -0.4 is 9.47 Å². The van der Waals surface area contributed by atoms with Gasteiger partial charge in [0.15, 0.2) is 0 Å². The maximum absolute atomic E-state index is 12.5. The summed E-state index contributed by atoms with van der Waals surface area (Å²) in [5, 5.41) is 9.01. The summed E-state index contributed by atoms with van der Waals surface area (Å²) in [5.74, 6) is -0.215. The van der Waals surface area contributed by atoms with E-state index in [0.29, 0.717) is 11.3 Å². The molecule has 3 aromatic rings. The van der Waals surface area contributed by atoms with Crippen molar-refractivity contribution >= 4 is 11.9 Å². The SMILES string of the molecule is CCCCCCC(C)Oc1ccc(C(=O)Oc2ccc(-c3ccc(C(=O)O)cc3)cc2)cc1. The van der Waals surface area contributed by atoms with Crippen LogP contribution in [0.15, 0.2) is 72.8 Å². The van der Waals surface area contributed by atoms with Crippen LogP contribution in [0.5, 0.6) is 11.5 Å². The van der Waals surface area contributed by atoms with Crippen molar-refractivity contribution in [1.29, 1.82) is 0 Å². The monoisotopic (exact) mass is 446 g/mol. The maximum Gasteiger partial charge on any atom is 0.343 e. The highest BCUT2D eigenvalue weighted by Crippen LogP contribution is 2.24. The number of hydrogen-bond donors (Lipinski definition) is 1. The van der Waals surface area contributed by atoms with E-state index in [-0.39, 0.29) is 11.7 Å². The molecule has 1 unspecified atom stereocenters. The summed E-state index contributed by atoms with van der Waals surface area (Å²) in [7, 11) is 0. The minimum atomic E-state index is -0.958. The van der Waals surface area contributed by atoms with Crippen LogP contribution in [0.25, 0.3) is 11.1 Å². The molecule has 1 N–H and O–H groups in total. The Kier molecular flexibility index (Phi) is 8.64. The van der Waals surface area contributed by atoms with Crippen molar-refractivity contribution in [3.8, 4) is 22.6 Å². The molecule has 5 nitrogen and oxygen atoms in total. The van der Waals surface area contributed by atoms with Crippen molar-refractivity contribution in [2.75, 3.05) is 0 Å². The Labute approximate surface area is 195 Å². The summed E-state index contributed by atoms with van der Waals surface area (Å²) in [4.78, 5) is 23.5. The Morgan fingerprint density at radius 1 is 0.758 bits per heavy atom. The number of carbonyl (C=O) groups excluding carboxylic acids is 1. The predicted molar refractivity (Wildman–Crippen MR) is 129 cm³/mol. The van der Waals surface area contributed by atoms with Crippen molar-refractivity contribution in [3.63, 3.8) is 0 Å². The van der Waals surface area contributed by atoms with Crippen LogP contribution in [0.1, 0.15) is 66.7 Å². The minimum absolute atomic E-state index is 0.138. The highest BCUT2D eigenvalue weighted by Gasteiger charge is 2.11. The van der Waals surface area contributed by atoms with Gasteiger partial charge in [-0.15, -0.1) is 0 Å². The molecule has 0 aliphatic carbocycles. The lowest BCUT2D eigenvalue weighted by Gasteiger charge is -2.14. The zero-order chi connectivity index (χ0) is 23.6. The van der Waals surface area contributed by atoms with Crippen molar-refractivity contribution < 1.29 is 24.2 Å². The van der Waals surface area contributed by atoms with Gasteiger partial charge < -0.3 is 14.6 Å². The summed E-state index contributed by atoms with van der Waals surface area (Å²) < 4.78 is 11.4. The number of aromatic carboxylic acids is 1. The summed E-state index contributed by atoms with van der Waals surface area (Å²) in [6.07, 6.45) is 6.02. The van der Waals surface area contributed by atoms with E-state index in [1.165, 1.54) is 19.3 Å². The molecule has 0 spiro atoms. The minimum Gasteiger partial charge on any atom is -0.491 e. The molecule has 172 valence electrons. The van der Waals surface area contributed by atoms with Gasteiger partial charge in [-0.1, -0.05) is 50.5 Å².